The largest absolute Gasteiger partial charge is 0.324 e. The van der Waals surface area contributed by atoms with E-state index in [0.717, 1.165) is 31.2 Å². The fourth-order valence-electron chi connectivity index (χ4n) is 4.46. The van der Waals surface area contributed by atoms with Crippen LogP contribution in [-0.4, -0.2) is 39.2 Å². The molecule has 0 bridgehead atoms. The zero-order valence-electron chi connectivity index (χ0n) is 17.7. The first-order chi connectivity index (χ1) is 16.1. The molecular weight excluding hydrogens is 477 g/mol. The Balaban J connectivity index is 1.21. The van der Waals surface area contributed by atoms with Crippen molar-refractivity contribution in [3.63, 3.8) is 0 Å². The Bertz CT molecular complexity index is 1250. The van der Waals surface area contributed by atoms with E-state index in [2.05, 4.69) is 38.4 Å². The molecule has 2 aliphatic heterocycles. The summed E-state index contributed by atoms with van der Waals surface area (Å²) < 4.78 is 0. The van der Waals surface area contributed by atoms with Crippen molar-refractivity contribution in [3.05, 3.63) is 69.3 Å². The third-order valence-corrected chi connectivity index (χ3v) is 7.92. The number of nitrogens with zero attached hydrogens (tertiary/aromatic N) is 4. The summed E-state index contributed by atoms with van der Waals surface area (Å²) in [4.78, 5) is 26.3. The number of amides is 1. The zero-order chi connectivity index (χ0) is 22.5. The quantitative estimate of drug-likeness (QED) is 0.462. The second kappa shape index (κ2) is 8.47. The van der Waals surface area contributed by atoms with Gasteiger partial charge >= 0.3 is 0 Å². The van der Waals surface area contributed by atoms with Gasteiger partial charge in [-0.1, -0.05) is 47.1 Å². The van der Waals surface area contributed by atoms with Gasteiger partial charge in [-0.05, 0) is 54.7 Å². The first-order valence-electron chi connectivity index (χ1n) is 11.0. The molecule has 1 saturated carbocycles. The second-order valence-corrected chi connectivity index (χ2v) is 10.3. The van der Waals surface area contributed by atoms with E-state index in [1.165, 1.54) is 35.7 Å². The molecule has 1 amide bonds. The van der Waals surface area contributed by atoms with Crippen LogP contribution < -0.4 is 10.2 Å². The summed E-state index contributed by atoms with van der Waals surface area (Å²) in [5.74, 6) is 0.648. The van der Waals surface area contributed by atoms with Crippen molar-refractivity contribution in [1.29, 1.82) is 0 Å². The molecule has 168 valence electrons. The van der Waals surface area contributed by atoms with Crippen molar-refractivity contribution in [3.8, 4) is 0 Å². The number of fused-ring (bicyclic) bond motifs is 2. The molecule has 6 nitrogen and oxygen atoms in total. The molecule has 2 aromatic carbocycles. The highest BCUT2D eigenvalue weighted by Gasteiger charge is 2.32. The molecular formula is C24H21Cl2N5OS. The van der Waals surface area contributed by atoms with E-state index >= 15 is 0 Å². The number of para-hydroxylation sites is 1. The standard InChI is InChI=1S/C24H21Cl2N5OS/c25-19-2-1-3-20(26)21(19)31-13-33-22-18(23(31)32)11-27-24(29-22)28-16-5-4-15-12-30(17-6-7-17)9-8-14(15)10-16/h1-5,10-11,17H,6-9,12-13H2,(H,27,28,29). The van der Waals surface area contributed by atoms with Crippen LogP contribution in [0.2, 0.25) is 10.0 Å². The molecule has 1 fully saturated rings. The van der Waals surface area contributed by atoms with Gasteiger partial charge in [0, 0.05) is 31.0 Å². The summed E-state index contributed by atoms with van der Waals surface area (Å²) in [5, 5.41) is 4.83. The summed E-state index contributed by atoms with van der Waals surface area (Å²) in [7, 11) is 0. The van der Waals surface area contributed by atoms with E-state index in [9.17, 15) is 4.79 Å². The van der Waals surface area contributed by atoms with Crippen LogP contribution in [0.4, 0.5) is 17.3 Å². The van der Waals surface area contributed by atoms with Crippen molar-refractivity contribution < 1.29 is 4.79 Å². The number of carbonyl (C=O) groups excluding carboxylic acids is 1. The van der Waals surface area contributed by atoms with Crippen LogP contribution in [0.3, 0.4) is 0 Å². The minimum absolute atomic E-state index is 0.209. The van der Waals surface area contributed by atoms with E-state index in [1.807, 2.05) is 0 Å². The van der Waals surface area contributed by atoms with Crippen molar-refractivity contribution in [2.45, 2.75) is 36.9 Å². The van der Waals surface area contributed by atoms with E-state index in [1.54, 1.807) is 29.3 Å². The van der Waals surface area contributed by atoms with Gasteiger partial charge in [0.05, 0.1) is 27.2 Å². The maximum atomic E-state index is 13.1. The normalized spacial score (nSPS) is 18.1. The Morgan fingerprint density at radius 3 is 2.70 bits per heavy atom. The van der Waals surface area contributed by atoms with Crippen molar-refractivity contribution in [1.82, 2.24) is 14.9 Å². The lowest BCUT2D eigenvalue weighted by atomic mass is 9.99. The second-order valence-electron chi connectivity index (χ2n) is 8.55. The average molecular weight is 498 g/mol. The van der Waals surface area contributed by atoms with Gasteiger partial charge in [-0.3, -0.25) is 14.6 Å². The Morgan fingerprint density at radius 2 is 1.91 bits per heavy atom. The SMILES string of the molecule is O=C1c2cnc(Nc3ccc4c(c3)CCN(C3CC3)C4)nc2SCN1c1c(Cl)cccc1Cl. The van der Waals surface area contributed by atoms with Crippen molar-refractivity contribution >= 4 is 58.2 Å². The molecule has 0 spiro atoms. The number of halogens is 2. The maximum Gasteiger partial charge on any atom is 0.263 e. The molecule has 9 heteroatoms. The van der Waals surface area contributed by atoms with E-state index in [0.29, 0.717) is 38.1 Å². The molecule has 3 heterocycles. The monoisotopic (exact) mass is 497 g/mol. The molecule has 3 aromatic rings. The van der Waals surface area contributed by atoms with Crippen LogP contribution in [-0.2, 0) is 13.0 Å². The number of hydrogen-bond donors (Lipinski definition) is 1. The van der Waals surface area contributed by atoms with Crippen LogP contribution >= 0.6 is 35.0 Å². The molecule has 0 atom stereocenters. The molecule has 0 unspecified atom stereocenters. The van der Waals surface area contributed by atoms with Crippen LogP contribution in [0.15, 0.2) is 47.6 Å². The number of thioether (sulfide) groups is 1. The van der Waals surface area contributed by atoms with Gasteiger partial charge in [0.15, 0.2) is 0 Å². The highest BCUT2D eigenvalue weighted by Crippen LogP contribution is 2.39. The number of rotatable bonds is 4. The Kier molecular flexibility index (Phi) is 5.45. The van der Waals surface area contributed by atoms with Gasteiger partial charge in [-0.25, -0.2) is 9.97 Å². The van der Waals surface area contributed by atoms with Crippen LogP contribution in [0.1, 0.15) is 34.3 Å². The third-order valence-electron chi connectivity index (χ3n) is 6.33. The molecule has 6 rings (SSSR count). The van der Waals surface area contributed by atoms with Crippen molar-refractivity contribution in [2.75, 3.05) is 22.6 Å². The Labute approximate surface area is 206 Å². The maximum absolute atomic E-state index is 13.1. The molecule has 0 saturated heterocycles. The summed E-state index contributed by atoms with van der Waals surface area (Å²) in [6, 6.07) is 12.5. The van der Waals surface area contributed by atoms with E-state index < -0.39 is 0 Å². The lowest BCUT2D eigenvalue weighted by Crippen LogP contribution is -2.35. The van der Waals surface area contributed by atoms with E-state index in [4.69, 9.17) is 23.2 Å². The van der Waals surface area contributed by atoms with E-state index in [-0.39, 0.29) is 5.91 Å². The number of nitrogens with one attached hydrogen (secondary N) is 1. The number of hydrogen-bond acceptors (Lipinski definition) is 6. The van der Waals surface area contributed by atoms with Gasteiger partial charge in [0.25, 0.3) is 5.91 Å². The average Bonchev–Trinajstić information content (AvgIpc) is 3.66. The summed E-state index contributed by atoms with van der Waals surface area (Å²) in [6.45, 7) is 2.17. The van der Waals surface area contributed by atoms with Gasteiger partial charge in [-0.2, -0.15) is 0 Å². The first kappa shape index (κ1) is 21.2. The smallest absolute Gasteiger partial charge is 0.263 e. The lowest BCUT2D eigenvalue weighted by molar-refractivity contribution is 0.0985. The number of aromatic nitrogens is 2. The molecule has 1 N–H and O–H groups in total. The van der Waals surface area contributed by atoms with Gasteiger partial charge in [-0.15, -0.1) is 0 Å². The molecule has 3 aliphatic rings. The number of anilines is 3. The van der Waals surface area contributed by atoms with Crippen LogP contribution in [0.5, 0.6) is 0 Å². The molecule has 1 aromatic heterocycles. The molecule has 33 heavy (non-hydrogen) atoms. The predicted molar refractivity (Wildman–Crippen MR) is 133 cm³/mol. The fraction of sp³-hybridized carbons (Fsp3) is 0.292. The minimum atomic E-state index is -0.209. The minimum Gasteiger partial charge on any atom is -0.324 e. The summed E-state index contributed by atoms with van der Waals surface area (Å²) in [6.07, 6.45) is 5.32. The van der Waals surface area contributed by atoms with Gasteiger partial charge < -0.3 is 5.32 Å². The molecule has 1 aliphatic carbocycles. The number of carbonyl (C=O) groups is 1. The highest BCUT2D eigenvalue weighted by atomic mass is 35.5. The Hall–Kier alpha value is -2.32. The molecule has 0 radical (unpaired) electrons. The summed E-state index contributed by atoms with van der Waals surface area (Å²) in [5.41, 5.74) is 4.71. The van der Waals surface area contributed by atoms with Gasteiger partial charge in [0.2, 0.25) is 5.95 Å². The summed E-state index contributed by atoms with van der Waals surface area (Å²) >= 11 is 14.1. The first-order valence-corrected chi connectivity index (χ1v) is 12.7. The Morgan fingerprint density at radius 1 is 1.09 bits per heavy atom. The fourth-order valence-corrected chi connectivity index (χ4v) is 6.00. The van der Waals surface area contributed by atoms with Gasteiger partial charge in [0.1, 0.15) is 5.03 Å². The van der Waals surface area contributed by atoms with Crippen LogP contribution in [0.25, 0.3) is 0 Å². The lowest BCUT2D eigenvalue weighted by Gasteiger charge is -2.29. The predicted octanol–water partition coefficient (Wildman–Crippen LogP) is 5.76. The zero-order valence-corrected chi connectivity index (χ0v) is 20.1. The van der Waals surface area contributed by atoms with Crippen molar-refractivity contribution in [2.24, 2.45) is 0 Å². The third kappa shape index (κ3) is 4.08. The highest BCUT2D eigenvalue weighted by molar-refractivity contribution is 7.99. The van der Waals surface area contributed by atoms with Crippen LogP contribution in [0, 0.1) is 0 Å². The number of benzene rings is 2. The topological polar surface area (TPSA) is 61.4 Å².